The maximum Gasteiger partial charge on any atom is 0.271 e. The number of carbonyl (C=O) groups excluding carboxylic acids is 2. The minimum Gasteiger partial charge on any atom is -0.484 e. The van der Waals surface area contributed by atoms with Crippen LogP contribution in [0.1, 0.15) is 21.6 Å². The van der Waals surface area contributed by atoms with Gasteiger partial charge in [-0.25, -0.2) is 0 Å². The van der Waals surface area contributed by atoms with Gasteiger partial charge in [-0.2, -0.15) is 0 Å². The Morgan fingerprint density at radius 1 is 1.20 bits per heavy atom. The van der Waals surface area contributed by atoms with Gasteiger partial charge < -0.3 is 19.5 Å². The second-order valence-electron chi connectivity index (χ2n) is 7.40. The maximum atomic E-state index is 13.0. The van der Waals surface area contributed by atoms with E-state index in [0.29, 0.717) is 31.1 Å². The van der Waals surface area contributed by atoms with E-state index in [2.05, 4.69) is 10.3 Å². The number of ether oxygens (including phenoxy) is 1. The number of aryl methyl sites for hydroxylation is 1. The van der Waals surface area contributed by atoms with Gasteiger partial charge >= 0.3 is 0 Å². The topological polar surface area (TPSA) is 76.5 Å². The van der Waals surface area contributed by atoms with Crippen molar-refractivity contribution in [1.82, 2.24) is 19.8 Å². The van der Waals surface area contributed by atoms with Gasteiger partial charge in [0.25, 0.3) is 11.8 Å². The molecule has 1 N–H and O–H groups in total. The lowest BCUT2D eigenvalue weighted by Crippen LogP contribution is -2.52. The summed E-state index contributed by atoms with van der Waals surface area (Å²) in [6, 6.07) is 14.9. The molecule has 1 atom stereocenters. The lowest BCUT2D eigenvalue weighted by Gasteiger charge is -2.36. The molecular formula is C23H24N4O3. The van der Waals surface area contributed by atoms with Crippen molar-refractivity contribution < 1.29 is 14.3 Å². The van der Waals surface area contributed by atoms with Crippen LogP contribution >= 0.6 is 0 Å². The minimum absolute atomic E-state index is 0.0507. The number of fused-ring (bicyclic) bond motifs is 1. The van der Waals surface area contributed by atoms with Gasteiger partial charge in [0, 0.05) is 38.2 Å². The number of hydrogen-bond acceptors (Lipinski definition) is 4. The number of rotatable bonds is 7. The van der Waals surface area contributed by atoms with E-state index in [-0.39, 0.29) is 24.5 Å². The zero-order valence-corrected chi connectivity index (χ0v) is 16.8. The summed E-state index contributed by atoms with van der Waals surface area (Å²) >= 11 is 0. The SMILES string of the molecule is Cc1ccc(OCC(=O)NCC2Cn3cccc3C(=O)N2Cc2cccnc2)cc1. The van der Waals surface area contributed by atoms with Crippen LogP contribution in [0.15, 0.2) is 67.1 Å². The Bertz CT molecular complexity index is 1010. The van der Waals surface area contributed by atoms with E-state index in [4.69, 9.17) is 4.74 Å². The molecule has 0 radical (unpaired) electrons. The molecule has 1 unspecified atom stereocenters. The number of pyridine rings is 1. The van der Waals surface area contributed by atoms with Crippen molar-refractivity contribution in [2.75, 3.05) is 13.2 Å². The first kappa shape index (κ1) is 19.7. The molecule has 0 saturated heterocycles. The van der Waals surface area contributed by atoms with Gasteiger partial charge in [0.15, 0.2) is 6.61 Å². The molecule has 0 bridgehead atoms. The molecule has 7 heteroatoms. The van der Waals surface area contributed by atoms with E-state index in [0.717, 1.165) is 11.1 Å². The van der Waals surface area contributed by atoms with Crippen LogP contribution < -0.4 is 10.1 Å². The Hall–Kier alpha value is -3.61. The Morgan fingerprint density at radius 2 is 2.03 bits per heavy atom. The molecule has 154 valence electrons. The van der Waals surface area contributed by atoms with Gasteiger partial charge in [0.1, 0.15) is 11.4 Å². The zero-order valence-electron chi connectivity index (χ0n) is 16.8. The lowest BCUT2D eigenvalue weighted by molar-refractivity contribution is -0.123. The quantitative estimate of drug-likeness (QED) is 0.656. The standard InChI is InChI=1S/C23H24N4O3/c1-17-6-8-20(9-7-17)30-16-22(28)25-13-19-15-26-11-3-5-21(26)23(29)27(19)14-18-4-2-10-24-12-18/h2-12,19H,13-16H2,1H3,(H,25,28). The monoisotopic (exact) mass is 404 g/mol. The molecule has 1 aliphatic heterocycles. The predicted octanol–water partition coefficient (Wildman–Crippen LogP) is 2.41. The summed E-state index contributed by atoms with van der Waals surface area (Å²) in [6.07, 6.45) is 5.36. The highest BCUT2D eigenvalue weighted by atomic mass is 16.5. The first-order chi connectivity index (χ1) is 14.6. The molecule has 0 saturated carbocycles. The summed E-state index contributed by atoms with van der Waals surface area (Å²) in [7, 11) is 0. The number of benzene rings is 1. The van der Waals surface area contributed by atoms with Gasteiger partial charge in [-0.15, -0.1) is 0 Å². The van der Waals surface area contributed by atoms with E-state index >= 15 is 0 Å². The molecule has 30 heavy (non-hydrogen) atoms. The average Bonchev–Trinajstić information content (AvgIpc) is 3.24. The number of amides is 2. The summed E-state index contributed by atoms with van der Waals surface area (Å²) in [5.41, 5.74) is 2.74. The molecule has 2 aromatic heterocycles. The highest BCUT2D eigenvalue weighted by molar-refractivity contribution is 5.93. The average molecular weight is 404 g/mol. The summed E-state index contributed by atoms with van der Waals surface area (Å²) in [5, 5.41) is 2.91. The molecule has 0 fully saturated rings. The van der Waals surface area contributed by atoms with Crippen molar-refractivity contribution in [3.63, 3.8) is 0 Å². The predicted molar refractivity (Wildman–Crippen MR) is 112 cm³/mol. The Morgan fingerprint density at radius 3 is 2.80 bits per heavy atom. The van der Waals surface area contributed by atoms with Crippen molar-refractivity contribution in [1.29, 1.82) is 0 Å². The highest BCUT2D eigenvalue weighted by Gasteiger charge is 2.32. The fraction of sp³-hybridized carbons (Fsp3) is 0.261. The lowest BCUT2D eigenvalue weighted by atomic mass is 10.1. The van der Waals surface area contributed by atoms with E-state index in [9.17, 15) is 9.59 Å². The van der Waals surface area contributed by atoms with Crippen molar-refractivity contribution >= 4 is 11.8 Å². The third-order valence-electron chi connectivity index (χ3n) is 5.16. The highest BCUT2D eigenvalue weighted by Crippen LogP contribution is 2.20. The largest absolute Gasteiger partial charge is 0.484 e. The van der Waals surface area contributed by atoms with Crippen LogP contribution in [0.2, 0.25) is 0 Å². The van der Waals surface area contributed by atoms with E-state index in [1.807, 2.05) is 66.2 Å². The fourth-order valence-electron chi connectivity index (χ4n) is 3.54. The molecule has 7 nitrogen and oxygen atoms in total. The molecule has 2 amide bonds. The molecule has 0 spiro atoms. The van der Waals surface area contributed by atoms with Crippen LogP contribution in [0, 0.1) is 6.92 Å². The normalized spacial score (nSPS) is 15.6. The van der Waals surface area contributed by atoms with Crippen LogP contribution in [-0.2, 0) is 17.9 Å². The van der Waals surface area contributed by atoms with Crippen LogP contribution in [0.25, 0.3) is 0 Å². The summed E-state index contributed by atoms with van der Waals surface area (Å²) < 4.78 is 7.48. The van der Waals surface area contributed by atoms with Crippen molar-refractivity contribution in [3.05, 3.63) is 83.9 Å². The second-order valence-corrected chi connectivity index (χ2v) is 7.40. The Labute approximate surface area is 175 Å². The maximum absolute atomic E-state index is 13.0. The molecule has 3 heterocycles. The van der Waals surface area contributed by atoms with Gasteiger partial charge in [-0.05, 0) is 42.8 Å². The van der Waals surface area contributed by atoms with Crippen LogP contribution in [0.4, 0.5) is 0 Å². The third-order valence-corrected chi connectivity index (χ3v) is 5.16. The summed E-state index contributed by atoms with van der Waals surface area (Å²) in [6.45, 7) is 3.34. The number of nitrogens with zero attached hydrogens (tertiary/aromatic N) is 3. The van der Waals surface area contributed by atoms with E-state index in [1.165, 1.54) is 0 Å². The molecule has 1 aliphatic rings. The van der Waals surface area contributed by atoms with Crippen LogP contribution in [0.5, 0.6) is 5.75 Å². The number of hydrogen-bond donors (Lipinski definition) is 1. The number of aromatic nitrogens is 2. The molecule has 4 rings (SSSR count). The van der Waals surface area contributed by atoms with Crippen LogP contribution in [-0.4, -0.2) is 45.5 Å². The first-order valence-electron chi connectivity index (χ1n) is 9.91. The summed E-state index contributed by atoms with van der Waals surface area (Å²) in [5.74, 6) is 0.381. The minimum atomic E-state index is -0.220. The number of carbonyl (C=O) groups is 2. The second kappa shape index (κ2) is 8.82. The first-order valence-corrected chi connectivity index (χ1v) is 9.91. The fourth-order valence-corrected chi connectivity index (χ4v) is 3.54. The summed E-state index contributed by atoms with van der Waals surface area (Å²) in [4.78, 5) is 31.3. The smallest absolute Gasteiger partial charge is 0.271 e. The van der Waals surface area contributed by atoms with Crippen LogP contribution in [0.3, 0.4) is 0 Å². The van der Waals surface area contributed by atoms with Crippen molar-refractivity contribution in [3.8, 4) is 5.75 Å². The van der Waals surface area contributed by atoms with E-state index in [1.54, 1.807) is 17.3 Å². The molecule has 1 aromatic carbocycles. The molecule has 3 aromatic rings. The molecule has 0 aliphatic carbocycles. The number of nitrogens with one attached hydrogen (secondary N) is 1. The van der Waals surface area contributed by atoms with Gasteiger partial charge in [0.2, 0.25) is 0 Å². The van der Waals surface area contributed by atoms with Crippen molar-refractivity contribution in [2.24, 2.45) is 0 Å². The van der Waals surface area contributed by atoms with Gasteiger partial charge in [0.05, 0.1) is 6.04 Å². The van der Waals surface area contributed by atoms with Gasteiger partial charge in [-0.1, -0.05) is 23.8 Å². The Balaban J connectivity index is 1.39. The van der Waals surface area contributed by atoms with E-state index < -0.39 is 0 Å². The van der Waals surface area contributed by atoms with Gasteiger partial charge in [-0.3, -0.25) is 14.6 Å². The Kier molecular flexibility index (Phi) is 5.79. The molecular weight excluding hydrogens is 380 g/mol. The van der Waals surface area contributed by atoms with Crippen molar-refractivity contribution in [2.45, 2.75) is 26.1 Å². The zero-order chi connectivity index (χ0) is 20.9. The third kappa shape index (κ3) is 4.51.